The number of carbonyl (C=O) groups is 1. The predicted molar refractivity (Wildman–Crippen MR) is 71.3 cm³/mol. The number of pyridine rings is 1. The van der Waals surface area contributed by atoms with Crippen molar-refractivity contribution < 1.29 is 4.79 Å². The Labute approximate surface area is 108 Å². The molecule has 2 heterocycles. The Balaban J connectivity index is 1.95. The maximum atomic E-state index is 11.3. The van der Waals surface area contributed by atoms with Crippen LogP contribution in [-0.2, 0) is 11.3 Å². The average molecular weight is 248 g/mol. The second kappa shape index (κ2) is 6.35. The molecule has 0 saturated carbocycles. The summed E-state index contributed by atoms with van der Waals surface area (Å²) in [6.07, 6.45) is 2.42. The normalized spacial score (nSPS) is 17.1. The van der Waals surface area contributed by atoms with E-state index in [2.05, 4.69) is 33.5 Å². The van der Waals surface area contributed by atoms with E-state index in [1.165, 1.54) is 5.56 Å². The Hall–Kier alpha value is -1.62. The molecule has 0 aliphatic carbocycles. The second-order valence-corrected chi connectivity index (χ2v) is 4.46. The minimum absolute atomic E-state index is 0.153. The number of amides is 1. The minimum Gasteiger partial charge on any atom is -0.370 e. The second-order valence-electron chi connectivity index (χ2n) is 4.46. The summed E-state index contributed by atoms with van der Waals surface area (Å²) in [6.45, 7) is 6.27. The zero-order chi connectivity index (χ0) is 12.8. The van der Waals surface area contributed by atoms with Crippen LogP contribution in [0, 0.1) is 0 Å². The van der Waals surface area contributed by atoms with Crippen LogP contribution >= 0.6 is 0 Å². The third kappa shape index (κ3) is 3.70. The highest BCUT2D eigenvalue weighted by atomic mass is 16.1. The molecular weight excluding hydrogens is 228 g/mol. The van der Waals surface area contributed by atoms with Crippen LogP contribution in [0.25, 0.3) is 0 Å². The molecule has 18 heavy (non-hydrogen) atoms. The SMILES string of the molecule is CCNc1cc(CN2CCNC(=O)CC2)ccn1. The lowest BCUT2D eigenvalue weighted by Crippen LogP contribution is -2.28. The zero-order valence-electron chi connectivity index (χ0n) is 10.8. The number of rotatable bonds is 4. The van der Waals surface area contributed by atoms with Crippen LogP contribution in [0.5, 0.6) is 0 Å². The summed E-state index contributed by atoms with van der Waals surface area (Å²) >= 11 is 0. The molecule has 2 rings (SSSR count). The highest BCUT2D eigenvalue weighted by Crippen LogP contribution is 2.10. The molecule has 1 aliphatic heterocycles. The van der Waals surface area contributed by atoms with E-state index in [1.54, 1.807) is 0 Å². The van der Waals surface area contributed by atoms with Crippen LogP contribution < -0.4 is 10.6 Å². The highest BCUT2D eigenvalue weighted by molar-refractivity contribution is 5.76. The third-order valence-corrected chi connectivity index (χ3v) is 2.99. The highest BCUT2D eigenvalue weighted by Gasteiger charge is 2.13. The molecule has 0 radical (unpaired) electrons. The molecule has 1 amide bonds. The zero-order valence-corrected chi connectivity index (χ0v) is 10.8. The van der Waals surface area contributed by atoms with Gasteiger partial charge in [0.25, 0.3) is 0 Å². The number of nitrogens with zero attached hydrogens (tertiary/aromatic N) is 2. The summed E-state index contributed by atoms with van der Waals surface area (Å²) in [4.78, 5) is 17.8. The van der Waals surface area contributed by atoms with Crippen molar-refractivity contribution in [3.63, 3.8) is 0 Å². The van der Waals surface area contributed by atoms with Gasteiger partial charge in [0, 0.05) is 45.3 Å². The van der Waals surface area contributed by atoms with E-state index >= 15 is 0 Å². The van der Waals surface area contributed by atoms with E-state index in [9.17, 15) is 4.79 Å². The van der Waals surface area contributed by atoms with Gasteiger partial charge in [0.2, 0.25) is 5.91 Å². The lowest BCUT2D eigenvalue weighted by molar-refractivity contribution is -0.120. The van der Waals surface area contributed by atoms with Crippen LogP contribution in [-0.4, -0.2) is 42.0 Å². The monoisotopic (exact) mass is 248 g/mol. The molecule has 0 aromatic carbocycles. The van der Waals surface area contributed by atoms with Crippen molar-refractivity contribution in [3.05, 3.63) is 23.9 Å². The molecule has 98 valence electrons. The minimum atomic E-state index is 0.153. The van der Waals surface area contributed by atoms with E-state index in [0.717, 1.165) is 38.5 Å². The van der Waals surface area contributed by atoms with Gasteiger partial charge in [-0.05, 0) is 24.6 Å². The fraction of sp³-hybridized carbons (Fsp3) is 0.538. The van der Waals surface area contributed by atoms with Gasteiger partial charge in [0.05, 0.1) is 0 Å². The van der Waals surface area contributed by atoms with Crippen LogP contribution in [0.4, 0.5) is 5.82 Å². The molecule has 0 unspecified atom stereocenters. The van der Waals surface area contributed by atoms with Crippen molar-refractivity contribution in [2.45, 2.75) is 19.9 Å². The van der Waals surface area contributed by atoms with Crippen LogP contribution in [0.3, 0.4) is 0 Å². The van der Waals surface area contributed by atoms with Crippen LogP contribution in [0.2, 0.25) is 0 Å². The van der Waals surface area contributed by atoms with Gasteiger partial charge in [-0.15, -0.1) is 0 Å². The van der Waals surface area contributed by atoms with Crippen molar-refractivity contribution in [2.24, 2.45) is 0 Å². The first-order valence-corrected chi connectivity index (χ1v) is 6.46. The Bertz CT molecular complexity index is 408. The lowest BCUT2D eigenvalue weighted by atomic mass is 10.2. The van der Waals surface area contributed by atoms with Crippen molar-refractivity contribution in [2.75, 3.05) is 31.5 Å². The molecule has 1 fully saturated rings. The first-order chi connectivity index (χ1) is 8.78. The summed E-state index contributed by atoms with van der Waals surface area (Å²) in [5.74, 6) is 1.07. The topological polar surface area (TPSA) is 57.3 Å². The van der Waals surface area contributed by atoms with Gasteiger partial charge in [-0.3, -0.25) is 9.69 Å². The van der Waals surface area contributed by atoms with Gasteiger partial charge >= 0.3 is 0 Å². The smallest absolute Gasteiger partial charge is 0.221 e. The molecule has 1 saturated heterocycles. The summed E-state index contributed by atoms with van der Waals surface area (Å²) < 4.78 is 0. The number of hydrogen-bond donors (Lipinski definition) is 2. The van der Waals surface area contributed by atoms with Gasteiger partial charge in [0.15, 0.2) is 0 Å². The molecule has 5 heteroatoms. The summed E-state index contributed by atoms with van der Waals surface area (Å²) in [5.41, 5.74) is 1.23. The van der Waals surface area contributed by atoms with Crippen molar-refractivity contribution in [3.8, 4) is 0 Å². The largest absolute Gasteiger partial charge is 0.370 e. The molecule has 1 aliphatic rings. The van der Waals surface area contributed by atoms with Gasteiger partial charge in [-0.1, -0.05) is 0 Å². The quantitative estimate of drug-likeness (QED) is 0.829. The van der Waals surface area contributed by atoms with Crippen molar-refractivity contribution >= 4 is 11.7 Å². The third-order valence-electron chi connectivity index (χ3n) is 2.99. The van der Waals surface area contributed by atoms with E-state index < -0.39 is 0 Å². The Kier molecular flexibility index (Phi) is 4.52. The van der Waals surface area contributed by atoms with E-state index in [4.69, 9.17) is 0 Å². The first-order valence-electron chi connectivity index (χ1n) is 6.46. The molecule has 0 atom stereocenters. The molecule has 5 nitrogen and oxygen atoms in total. The van der Waals surface area contributed by atoms with Crippen molar-refractivity contribution in [1.82, 2.24) is 15.2 Å². The fourth-order valence-electron chi connectivity index (χ4n) is 2.08. The first kappa shape index (κ1) is 12.8. The Morgan fingerprint density at radius 3 is 3.22 bits per heavy atom. The van der Waals surface area contributed by atoms with Gasteiger partial charge in [0.1, 0.15) is 5.82 Å². The number of hydrogen-bond acceptors (Lipinski definition) is 4. The van der Waals surface area contributed by atoms with E-state index in [-0.39, 0.29) is 5.91 Å². The molecule has 0 bridgehead atoms. The summed E-state index contributed by atoms with van der Waals surface area (Å²) in [7, 11) is 0. The van der Waals surface area contributed by atoms with Gasteiger partial charge < -0.3 is 10.6 Å². The molecule has 1 aromatic rings. The molecule has 2 N–H and O–H groups in total. The van der Waals surface area contributed by atoms with Gasteiger partial charge in [-0.25, -0.2) is 4.98 Å². The standard InChI is InChI=1S/C13H20N4O/c1-2-14-12-9-11(3-5-15-12)10-17-7-4-13(18)16-6-8-17/h3,5,9H,2,4,6-8,10H2,1H3,(H,14,15)(H,16,18). The fourth-order valence-corrected chi connectivity index (χ4v) is 2.08. The van der Waals surface area contributed by atoms with Crippen LogP contribution in [0.1, 0.15) is 18.9 Å². The van der Waals surface area contributed by atoms with E-state index in [1.807, 2.05) is 12.3 Å². The maximum absolute atomic E-state index is 11.3. The average Bonchev–Trinajstić information content (AvgIpc) is 2.56. The number of carbonyl (C=O) groups excluding carboxylic acids is 1. The number of nitrogens with one attached hydrogen (secondary N) is 2. The Morgan fingerprint density at radius 2 is 2.39 bits per heavy atom. The van der Waals surface area contributed by atoms with E-state index in [0.29, 0.717) is 6.42 Å². The van der Waals surface area contributed by atoms with Crippen molar-refractivity contribution in [1.29, 1.82) is 0 Å². The maximum Gasteiger partial charge on any atom is 0.221 e. The lowest BCUT2D eigenvalue weighted by Gasteiger charge is -2.19. The number of aromatic nitrogens is 1. The Morgan fingerprint density at radius 1 is 1.50 bits per heavy atom. The predicted octanol–water partition coefficient (Wildman–Crippen LogP) is 0.835. The van der Waals surface area contributed by atoms with Gasteiger partial charge in [-0.2, -0.15) is 0 Å². The number of anilines is 1. The summed E-state index contributed by atoms with van der Waals surface area (Å²) in [5, 5.41) is 6.10. The summed E-state index contributed by atoms with van der Waals surface area (Å²) in [6, 6.07) is 4.10. The van der Waals surface area contributed by atoms with Crippen LogP contribution in [0.15, 0.2) is 18.3 Å². The molecule has 0 spiro atoms. The molecular formula is C13H20N4O. The molecule has 1 aromatic heterocycles.